The van der Waals surface area contributed by atoms with Crippen molar-refractivity contribution in [2.75, 3.05) is 0 Å². The summed E-state index contributed by atoms with van der Waals surface area (Å²) in [5.74, 6) is -0.127. The van der Waals surface area contributed by atoms with Gasteiger partial charge in [0, 0.05) is 17.1 Å². The zero-order valence-corrected chi connectivity index (χ0v) is 12.3. The van der Waals surface area contributed by atoms with E-state index in [4.69, 9.17) is 5.11 Å². The summed E-state index contributed by atoms with van der Waals surface area (Å²) in [4.78, 5) is 15.5. The van der Waals surface area contributed by atoms with Gasteiger partial charge in [-0.1, -0.05) is 28.1 Å². The molecular formula is C15H11BrN2O2. The Morgan fingerprint density at radius 3 is 2.55 bits per heavy atom. The van der Waals surface area contributed by atoms with E-state index in [0.717, 1.165) is 21.4 Å². The van der Waals surface area contributed by atoms with Gasteiger partial charge < -0.3 is 9.67 Å². The average molecular weight is 331 g/mol. The Morgan fingerprint density at radius 1 is 1.20 bits per heavy atom. The number of hydrogen-bond donors (Lipinski definition) is 1. The second kappa shape index (κ2) is 4.76. The number of imidazole rings is 1. The molecule has 0 saturated heterocycles. The van der Waals surface area contributed by atoms with Crippen LogP contribution in [0, 0.1) is 0 Å². The molecule has 0 saturated carbocycles. The Bertz CT molecular complexity index is 807. The van der Waals surface area contributed by atoms with Crippen molar-refractivity contribution >= 4 is 32.9 Å². The zero-order chi connectivity index (χ0) is 14.3. The van der Waals surface area contributed by atoms with Crippen molar-refractivity contribution in [1.82, 2.24) is 9.55 Å². The van der Waals surface area contributed by atoms with E-state index in [1.807, 2.05) is 35.9 Å². The van der Waals surface area contributed by atoms with E-state index >= 15 is 0 Å². The third kappa shape index (κ3) is 2.10. The first-order chi connectivity index (χ1) is 9.56. The average Bonchev–Trinajstić information content (AvgIpc) is 2.76. The molecule has 0 spiro atoms. The number of fused-ring (bicyclic) bond motifs is 1. The van der Waals surface area contributed by atoms with Gasteiger partial charge in [-0.05, 0) is 30.3 Å². The number of halogens is 1. The maximum Gasteiger partial charge on any atom is 0.335 e. The third-order valence-electron chi connectivity index (χ3n) is 3.23. The van der Waals surface area contributed by atoms with Crippen molar-refractivity contribution in [3.05, 3.63) is 52.5 Å². The number of carbonyl (C=O) groups is 1. The Kier molecular flexibility index (Phi) is 3.06. The normalized spacial score (nSPS) is 10.9. The second-order valence-corrected chi connectivity index (χ2v) is 5.43. The summed E-state index contributed by atoms with van der Waals surface area (Å²) in [6.07, 6.45) is 0. The topological polar surface area (TPSA) is 55.1 Å². The molecule has 4 nitrogen and oxygen atoms in total. The Hall–Kier alpha value is -2.14. The van der Waals surface area contributed by atoms with Gasteiger partial charge in [0.25, 0.3) is 0 Å². The Labute approximate surface area is 123 Å². The molecule has 20 heavy (non-hydrogen) atoms. The fraction of sp³-hybridized carbons (Fsp3) is 0.0667. The van der Waals surface area contributed by atoms with Crippen LogP contribution in [-0.4, -0.2) is 20.6 Å². The van der Waals surface area contributed by atoms with Crippen LogP contribution in [0.1, 0.15) is 10.4 Å². The molecule has 0 radical (unpaired) electrons. The zero-order valence-electron chi connectivity index (χ0n) is 10.7. The molecule has 0 amide bonds. The van der Waals surface area contributed by atoms with Gasteiger partial charge in [0.1, 0.15) is 5.82 Å². The maximum absolute atomic E-state index is 11.0. The Balaban J connectivity index is 2.19. The number of aryl methyl sites for hydroxylation is 1. The first-order valence-electron chi connectivity index (χ1n) is 6.02. The van der Waals surface area contributed by atoms with Gasteiger partial charge in [-0.2, -0.15) is 0 Å². The van der Waals surface area contributed by atoms with Gasteiger partial charge in [0.2, 0.25) is 0 Å². The number of nitrogens with zero attached hydrogens (tertiary/aromatic N) is 2. The molecule has 0 aliphatic rings. The minimum atomic E-state index is -0.942. The van der Waals surface area contributed by atoms with Crippen LogP contribution in [0.3, 0.4) is 0 Å². The maximum atomic E-state index is 11.0. The predicted octanol–water partition coefficient (Wildman–Crippen LogP) is 3.70. The van der Waals surface area contributed by atoms with E-state index in [2.05, 4.69) is 20.9 Å². The number of carboxylic acids is 1. The number of benzene rings is 2. The van der Waals surface area contributed by atoms with E-state index in [1.165, 1.54) is 0 Å². The molecule has 0 atom stereocenters. The van der Waals surface area contributed by atoms with Crippen molar-refractivity contribution in [2.45, 2.75) is 0 Å². The number of aromatic nitrogens is 2. The Morgan fingerprint density at radius 2 is 1.90 bits per heavy atom. The molecule has 0 aliphatic heterocycles. The van der Waals surface area contributed by atoms with Crippen LogP contribution in [0.5, 0.6) is 0 Å². The molecule has 3 aromatic rings. The molecule has 0 unspecified atom stereocenters. The van der Waals surface area contributed by atoms with E-state index in [0.29, 0.717) is 5.52 Å². The fourth-order valence-corrected chi connectivity index (χ4v) is 2.45. The fourth-order valence-electron chi connectivity index (χ4n) is 2.19. The first-order valence-corrected chi connectivity index (χ1v) is 6.81. The number of hydrogen-bond acceptors (Lipinski definition) is 2. The summed E-state index contributed by atoms with van der Waals surface area (Å²) in [7, 11) is 1.92. The molecule has 0 bridgehead atoms. The first kappa shape index (κ1) is 12.9. The van der Waals surface area contributed by atoms with Crippen LogP contribution in [-0.2, 0) is 7.05 Å². The lowest BCUT2D eigenvalue weighted by atomic mass is 10.2. The lowest BCUT2D eigenvalue weighted by molar-refractivity contribution is 0.0697. The molecular weight excluding hydrogens is 320 g/mol. The molecule has 0 aliphatic carbocycles. The SMILES string of the molecule is Cn1c(-c2ccc(Br)cc2)nc2cc(C(=O)O)ccc21. The van der Waals surface area contributed by atoms with Crippen LogP contribution in [0.15, 0.2) is 46.9 Å². The number of carboxylic acid groups (broad SMARTS) is 1. The summed E-state index contributed by atoms with van der Waals surface area (Å²) in [6, 6.07) is 12.8. The predicted molar refractivity (Wildman–Crippen MR) is 80.8 cm³/mol. The summed E-state index contributed by atoms with van der Waals surface area (Å²) in [5, 5.41) is 9.03. The van der Waals surface area contributed by atoms with E-state index in [1.54, 1.807) is 18.2 Å². The van der Waals surface area contributed by atoms with E-state index in [9.17, 15) is 4.79 Å². The van der Waals surface area contributed by atoms with Crippen LogP contribution < -0.4 is 0 Å². The highest BCUT2D eigenvalue weighted by molar-refractivity contribution is 9.10. The van der Waals surface area contributed by atoms with Gasteiger partial charge in [-0.15, -0.1) is 0 Å². The quantitative estimate of drug-likeness (QED) is 0.779. The smallest absolute Gasteiger partial charge is 0.335 e. The van der Waals surface area contributed by atoms with Gasteiger partial charge in [0.15, 0.2) is 0 Å². The molecule has 1 heterocycles. The molecule has 100 valence electrons. The van der Waals surface area contributed by atoms with Crippen LogP contribution in [0.2, 0.25) is 0 Å². The van der Waals surface area contributed by atoms with Gasteiger partial charge >= 0.3 is 5.97 Å². The standard InChI is InChI=1S/C15H11BrN2O2/c1-18-13-7-4-10(15(19)20)8-12(13)17-14(18)9-2-5-11(16)6-3-9/h2-8H,1H3,(H,19,20). The minimum Gasteiger partial charge on any atom is -0.478 e. The molecule has 0 fully saturated rings. The van der Waals surface area contributed by atoms with Crippen molar-refractivity contribution in [3.8, 4) is 11.4 Å². The summed E-state index contributed by atoms with van der Waals surface area (Å²) < 4.78 is 2.97. The van der Waals surface area contributed by atoms with E-state index < -0.39 is 5.97 Å². The highest BCUT2D eigenvalue weighted by Gasteiger charge is 2.12. The van der Waals surface area contributed by atoms with Gasteiger partial charge in [-0.3, -0.25) is 0 Å². The van der Waals surface area contributed by atoms with Crippen molar-refractivity contribution < 1.29 is 9.90 Å². The van der Waals surface area contributed by atoms with Crippen LogP contribution in [0.4, 0.5) is 0 Å². The summed E-state index contributed by atoms with van der Waals surface area (Å²) in [5.41, 5.74) is 2.83. The lowest BCUT2D eigenvalue weighted by Crippen LogP contribution is -1.95. The van der Waals surface area contributed by atoms with Crippen molar-refractivity contribution in [1.29, 1.82) is 0 Å². The van der Waals surface area contributed by atoms with Crippen LogP contribution >= 0.6 is 15.9 Å². The van der Waals surface area contributed by atoms with Crippen molar-refractivity contribution in [2.24, 2.45) is 7.05 Å². The second-order valence-electron chi connectivity index (χ2n) is 4.51. The van der Waals surface area contributed by atoms with Gasteiger partial charge in [-0.25, -0.2) is 9.78 Å². The minimum absolute atomic E-state index is 0.248. The highest BCUT2D eigenvalue weighted by atomic mass is 79.9. The number of aromatic carboxylic acids is 1. The highest BCUT2D eigenvalue weighted by Crippen LogP contribution is 2.25. The summed E-state index contributed by atoms with van der Waals surface area (Å²) in [6.45, 7) is 0. The molecule has 2 aromatic carbocycles. The molecule has 1 aromatic heterocycles. The molecule has 1 N–H and O–H groups in total. The molecule has 5 heteroatoms. The lowest BCUT2D eigenvalue weighted by Gasteiger charge is -2.02. The largest absolute Gasteiger partial charge is 0.478 e. The van der Waals surface area contributed by atoms with Gasteiger partial charge in [0.05, 0.1) is 16.6 Å². The number of rotatable bonds is 2. The van der Waals surface area contributed by atoms with Crippen LogP contribution in [0.25, 0.3) is 22.4 Å². The molecule has 3 rings (SSSR count). The van der Waals surface area contributed by atoms with Crippen molar-refractivity contribution in [3.63, 3.8) is 0 Å². The summed E-state index contributed by atoms with van der Waals surface area (Å²) >= 11 is 3.40. The van der Waals surface area contributed by atoms with E-state index in [-0.39, 0.29) is 5.56 Å². The third-order valence-corrected chi connectivity index (χ3v) is 3.76. The monoisotopic (exact) mass is 330 g/mol.